The van der Waals surface area contributed by atoms with Crippen molar-refractivity contribution in [3.8, 4) is 11.3 Å². The summed E-state index contributed by atoms with van der Waals surface area (Å²) < 4.78 is 0. The van der Waals surface area contributed by atoms with E-state index in [0.29, 0.717) is 10.8 Å². The topological polar surface area (TPSA) is 91.4 Å². The summed E-state index contributed by atoms with van der Waals surface area (Å²) in [5, 5.41) is 7.96. The normalized spacial score (nSPS) is 14.2. The lowest BCUT2D eigenvalue weighted by Gasteiger charge is -2.16. The molecule has 0 bridgehead atoms. The second-order valence-corrected chi connectivity index (χ2v) is 9.22. The van der Waals surface area contributed by atoms with Crippen molar-refractivity contribution in [2.75, 3.05) is 22.6 Å². The first-order valence-electron chi connectivity index (χ1n) is 10.2. The van der Waals surface area contributed by atoms with E-state index in [1.54, 1.807) is 24.1 Å². The summed E-state index contributed by atoms with van der Waals surface area (Å²) in [7, 11) is 1.79. The molecule has 2 N–H and O–H groups in total. The van der Waals surface area contributed by atoms with Crippen LogP contribution >= 0.6 is 11.3 Å². The van der Waals surface area contributed by atoms with Crippen LogP contribution in [0.2, 0.25) is 0 Å². The van der Waals surface area contributed by atoms with Crippen LogP contribution < -0.4 is 15.5 Å². The molecule has 0 unspecified atom stereocenters. The Morgan fingerprint density at radius 1 is 1.09 bits per heavy atom. The number of benzene rings is 2. The molecule has 0 spiro atoms. The highest BCUT2D eigenvalue weighted by molar-refractivity contribution is 7.14. The number of amides is 3. The fourth-order valence-electron chi connectivity index (χ4n) is 3.85. The van der Waals surface area contributed by atoms with Crippen molar-refractivity contribution in [1.29, 1.82) is 0 Å². The summed E-state index contributed by atoms with van der Waals surface area (Å²) in [5.74, 6) is -0.234. The molecule has 2 aromatic carbocycles. The Kier molecular flexibility index (Phi) is 5.56. The number of carbonyl (C=O) groups is 3. The molecular weight excluding hydrogens is 424 g/mol. The average molecular weight is 449 g/mol. The van der Waals surface area contributed by atoms with Crippen LogP contribution in [0.5, 0.6) is 0 Å². The van der Waals surface area contributed by atoms with Gasteiger partial charge < -0.3 is 15.5 Å². The van der Waals surface area contributed by atoms with Crippen LogP contribution in [-0.4, -0.2) is 29.8 Å². The number of anilines is 3. The van der Waals surface area contributed by atoms with Crippen LogP contribution in [0.15, 0.2) is 47.8 Å². The molecule has 0 saturated heterocycles. The van der Waals surface area contributed by atoms with E-state index in [2.05, 4.69) is 15.6 Å². The zero-order chi connectivity index (χ0) is 23.0. The van der Waals surface area contributed by atoms with E-state index < -0.39 is 5.41 Å². The molecule has 3 amide bonds. The lowest BCUT2D eigenvalue weighted by molar-refractivity contribution is -0.121. The number of carbonyl (C=O) groups excluding carboxylic acids is 3. The minimum absolute atomic E-state index is 0.0704. The molecule has 1 aliphatic heterocycles. The first-order valence-corrected chi connectivity index (χ1v) is 11.1. The van der Waals surface area contributed by atoms with Crippen LogP contribution in [-0.2, 0) is 26.2 Å². The summed E-state index contributed by atoms with van der Waals surface area (Å²) in [4.78, 5) is 42.3. The van der Waals surface area contributed by atoms with Gasteiger partial charge in [0.1, 0.15) is 0 Å². The summed E-state index contributed by atoms with van der Waals surface area (Å²) in [5.41, 5.74) is 4.50. The van der Waals surface area contributed by atoms with Gasteiger partial charge in [-0.2, -0.15) is 0 Å². The van der Waals surface area contributed by atoms with Crippen molar-refractivity contribution >= 4 is 45.6 Å². The smallest absolute Gasteiger partial charge is 0.236 e. The van der Waals surface area contributed by atoms with Gasteiger partial charge in [-0.25, -0.2) is 4.98 Å². The van der Waals surface area contributed by atoms with Gasteiger partial charge in [0.15, 0.2) is 5.13 Å². The van der Waals surface area contributed by atoms with Gasteiger partial charge in [-0.3, -0.25) is 14.4 Å². The van der Waals surface area contributed by atoms with Gasteiger partial charge in [-0.15, -0.1) is 11.3 Å². The number of aromatic nitrogens is 1. The van der Waals surface area contributed by atoms with Crippen molar-refractivity contribution in [3.05, 3.63) is 59.0 Å². The minimum Gasteiger partial charge on any atom is -0.326 e. The lowest BCUT2D eigenvalue weighted by atomic mass is 9.85. The molecule has 4 rings (SSSR count). The van der Waals surface area contributed by atoms with Gasteiger partial charge in [0.2, 0.25) is 17.7 Å². The Hall–Kier alpha value is -3.52. The Labute approximate surface area is 190 Å². The Morgan fingerprint density at radius 2 is 1.81 bits per heavy atom. The number of rotatable bonds is 5. The summed E-state index contributed by atoms with van der Waals surface area (Å²) in [6.45, 7) is 5.30. The maximum absolute atomic E-state index is 12.5. The highest BCUT2D eigenvalue weighted by atomic mass is 32.1. The molecule has 0 fully saturated rings. The molecule has 0 aliphatic carbocycles. The number of hydrogen-bond acceptors (Lipinski definition) is 5. The lowest BCUT2D eigenvalue weighted by Crippen LogP contribution is -2.33. The highest BCUT2D eigenvalue weighted by Crippen LogP contribution is 2.42. The number of hydrogen-bond donors (Lipinski definition) is 2. The van der Waals surface area contributed by atoms with Crippen molar-refractivity contribution < 1.29 is 14.4 Å². The third-order valence-corrected chi connectivity index (χ3v) is 6.31. The zero-order valence-corrected chi connectivity index (χ0v) is 19.2. The van der Waals surface area contributed by atoms with E-state index in [1.807, 2.05) is 49.6 Å². The SMILES string of the molecule is CC(=O)Nc1ccc(CC(=O)Nc2nc(-c3ccc4c(c3)C(C)(C)C(=O)N4C)cs2)cc1. The molecule has 2 heterocycles. The molecule has 8 heteroatoms. The van der Waals surface area contributed by atoms with Gasteiger partial charge in [-0.05, 0) is 49.2 Å². The molecule has 0 saturated carbocycles. The molecule has 32 heavy (non-hydrogen) atoms. The second kappa shape index (κ2) is 8.20. The number of nitrogens with zero attached hydrogens (tertiary/aromatic N) is 2. The van der Waals surface area contributed by atoms with Crippen LogP contribution in [0.1, 0.15) is 31.9 Å². The molecule has 1 aromatic heterocycles. The molecule has 7 nitrogen and oxygen atoms in total. The maximum Gasteiger partial charge on any atom is 0.236 e. The predicted molar refractivity (Wildman–Crippen MR) is 127 cm³/mol. The van der Waals surface area contributed by atoms with E-state index in [-0.39, 0.29) is 24.1 Å². The van der Waals surface area contributed by atoms with Crippen molar-refractivity contribution in [3.63, 3.8) is 0 Å². The van der Waals surface area contributed by atoms with Gasteiger partial charge >= 0.3 is 0 Å². The quantitative estimate of drug-likeness (QED) is 0.612. The molecule has 164 valence electrons. The van der Waals surface area contributed by atoms with Crippen molar-refractivity contribution in [1.82, 2.24) is 4.98 Å². The van der Waals surface area contributed by atoms with E-state index in [0.717, 1.165) is 28.1 Å². The number of nitrogens with one attached hydrogen (secondary N) is 2. The van der Waals surface area contributed by atoms with Crippen molar-refractivity contribution in [2.45, 2.75) is 32.6 Å². The Balaban J connectivity index is 1.45. The van der Waals surface area contributed by atoms with Gasteiger partial charge in [-0.1, -0.05) is 18.2 Å². The van der Waals surface area contributed by atoms with E-state index >= 15 is 0 Å². The van der Waals surface area contributed by atoms with E-state index in [1.165, 1.54) is 18.3 Å². The third-order valence-electron chi connectivity index (χ3n) is 5.56. The first-order chi connectivity index (χ1) is 15.1. The van der Waals surface area contributed by atoms with Crippen molar-refractivity contribution in [2.24, 2.45) is 0 Å². The number of likely N-dealkylation sites (N-methyl/N-ethyl adjacent to an activating group) is 1. The summed E-state index contributed by atoms with van der Waals surface area (Å²) in [6, 6.07) is 13.0. The third kappa shape index (κ3) is 4.13. The number of thiazole rings is 1. The fraction of sp³-hybridized carbons (Fsp3) is 0.250. The highest BCUT2D eigenvalue weighted by Gasteiger charge is 2.42. The first kappa shape index (κ1) is 21.7. The van der Waals surface area contributed by atoms with Gasteiger partial charge in [0, 0.05) is 36.3 Å². The Bertz CT molecular complexity index is 1210. The summed E-state index contributed by atoms with van der Waals surface area (Å²) >= 11 is 1.36. The average Bonchev–Trinajstić information content (AvgIpc) is 3.27. The molecule has 3 aromatic rings. The maximum atomic E-state index is 12.5. The van der Waals surface area contributed by atoms with E-state index in [4.69, 9.17) is 0 Å². The van der Waals surface area contributed by atoms with Gasteiger partial charge in [0.05, 0.1) is 17.5 Å². The molecule has 0 atom stereocenters. The molecule has 1 aliphatic rings. The zero-order valence-electron chi connectivity index (χ0n) is 18.4. The fourth-order valence-corrected chi connectivity index (χ4v) is 4.59. The molecular formula is C24H24N4O3S. The Morgan fingerprint density at radius 3 is 2.50 bits per heavy atom. The van der Waals surface area contributed by atoms with Crippen LogP contribution in [0.3, 0.4) is 0 Å². The predicted octanol–water partition coefficient (Wildman–Crippen LogP) is 4.20. The second-order valence-electron chi connectivity index (χ2n) is 8.36. The van der Waals surface area contributed by atoms with Crippen LogP contribution in [0, 0.1) is 0 Å². The standard InChI is InChI=1S/C24H24N4O3S/c1-14(29)25-17-8-5-15(6-9-17)11-21(30)27-23-26-19(13-32-23)16-7-10-20-18(12-16)24(2,3)22(31)28(20)4/h5-10,12-13H,11H2,1-4H3,(H,25,29)(H,26,27,30). The minimum atomic E-state index is -0.581. The van der Waals surface area contributed by atoms with Crippen LogP contribution in [0.25, 0.3) is 11.3 Å². The summed E-state index contributed by atoms with van der Waals surface area (Å²) in [6.07, 6.45) is 0.205. The number of fused-ring (bicyclic) bond motifs is 1. The molecule has 0 radical (unpaired) electrons. The van der Waals surface area contributed by atoms with Crippen LogP contribution in [0.4, 0.5) is 16.5 Å². The van der Waals surface area contributed by atoms with E-state index in [9.17, 15) is 14.4 Å². The monoisotopic (exact) mass is 448 g/mol. The largest absolute Gasteiger partial charge is 0.326 e. The van der Waals surface area contributed by atoms with Gasteiger partial charge in [0.25, 0.3) is 0 Å².